The average molecular weight is 942 g/mol. The van der Waals surface area contributed by atoms with Crippen LogP contribution in [0.25, 0.3) is 0 Å². The van der Waals surface area contributed by atoms with Crippen LogP contribution >= 0.6 is 0 Å². The van der Waals surface area contributed by atoms with Gasteiger partial charge in [-0.25, -0.2) is 0 Å². The van der Waals surface area contributed by atoms with Crippen molar-refractivity contribution in [1.82, 2.24) is 19.8 Å². The van der Waals surface area contributed by atoms with E-state index in [0.717, 1.165) is 47.8 Å². The van der Waals surface area contributed by atoms with E-state index in [4.69, 9.17) is 10.2 Å². The van der Waals surface area contributed by atoms with Crippen molar-refractivity contribution in [1.29, 1.82) is 0 Å². The number of rotatable bonds is 28. The molecule has 0 aromatic heterocycles. The summed E-state index contributed by atoms with van der Waals surface area (Å²) in [5.74, 6) is 4.96. The molecule has 6 saturated carbocycles. The monoisotopic (exact) mass is 941 g/mol. The van der Waals surface area contributed by atoms with Crippen molar-refractivity contribution < 1.29 is 0 Å². The highest BCUT2D eigenvalue weighted by Crippen LogP contribution is 2.52. The zero-order chi connectivity index (χ0) is 46.8. The van der Waals surface area contributed by atoms with Gasteiger partial charge in [-0.05, 0) is 164 Å². The molecule has 6 aliphatic carbocycles. The molecule has 68 heavy (non-hydrogen) atoms. The molecule has 8 rings (SSSR count). The largest absolute Gasteiger partial charge is 0.297 e. The van der Waals surface area contributed by atoms with Gasteiger partial charge in [0.1, 0.15) is 6.17 Å². The minimum absolute atomic E-state index is 0.298. The molecular formula is C62H112N6. The van der Waals surface area contributed by atoms with E-state index in [1.165, 1.54) is 283 Å². The van der Waals surface area contributed by atoms with Crippen molar-refractivity contribution in [2.24, 2.45) is 45.7 Å². The number of unbranched alkanes of at least 4 members (excludes halogenated alkanes) is 14. The van der Waals surface area contributed by atoms with Crippen molar-refractivity contribution in [2.45, 2.75) is 333 Å². The van der Waals surface area contributed by atoms with E-state index < -0.39 is 0 Å². The van der Waals surface area contributed by atoms with Gasteiger partial charge < -0.3 is 0 Å². The smallest absolute Gasteiger partial charge is 0.134 e. The predicted octanol–water partition coefficient (Wildman–Crippen LogP) is 17.0. The molecular weight excluding hydrogens is 829 g/mol. The molecule has 0 amide bonds. The Kier molecular flexibility index (Phi) is 22.6. The van der Waals surface area contributed by atoms with Crippen molar-refractivity contribution in [3.8, 4) is 0 Å². The highest BCUT2D eigenvalue weighted by molar-refractivity contribution is 5.61. The van der Waals surface area contributed by atoms with Crippen LogP contribution in [0.5, 0.6) is 0 Å². The molecule has 0 N–H and O–H groups in total. The van der Waals surface area contributed by atoms with Crippen LogP contribution in [0.4, 0.5) is 0 Å². The Morgan fingerprint density at radius 1 is 0.382 bits per heavy atom. The standard InChI is InChI=1S/C62H112N6/c1-4-7-10-13-14-15-24-39-62(67(52-31-20-18-21-32-52)63-48-50-40-42-60-56(46-50)54-35-25-27-37-58(54)65(60)44-29-16-11-8-5-2)68(53-33-22-19-23-34-53)64-49-51-41-43-61-57(47-51)55-36-26-28-38-59(55)66(61)45-30-17-12-9-6-3/h48-62H,4-47H2,1-3H3/b63-48+,64-49+. The van der Waals surface area contributed by atoms with Crippen LogP contribution in [0, 0.1) is 35.5 Å². The van der Waals surface area contributed by atoms with Gasteiger partial charge in [0, 0.05) is 48.7 Å². The van der Waals surface area contributed by atoms with Gasteiger partial charge in [-0.2, -0.15) is 10.2 Å². The van der Waals surface area contributed by atoms with Crippen LogP contribution in [-0.2, 0) is 0 Å². The molecule has 0 bridgehead atoms. The molecule has 0 radical (unpaired) electrons. The minimum Gasteiger partial charge on any atom is -0.297 e. The molecule has 10 atom stereocenters. The second-order valence-electron chi connectivity index (χ2n) is 25.2. The lowest BCUT2D eigenvalue weighted by Gasteiger charge is -2.46. The van der Waals surface area contributed by atoms with Gasteiger partial charge in [-0.3, -0.25) is 19.8 Å². The Morgan fingerprint density at radius 2 is 0.750 bits per heavy atom. The molecule has 0 aromatic rings. The van der Waals surface area contributed by atoms with Crippen LogP contribution in [0.1, 0.15) is 290 Å². The summed E-state index contributed by atoms with van der Waals surface area (Å²) in [5, 5.41) is 17.5. The van der Waals surface area contributed by atoms with Crippen LogP contribution in [0.15, 0.2) is 10.2 Å². The molecule has 2 heterocycles. The Bertz CT molecular complexity index is 1320. The molecule has 2 saturated heterocycles. The maximum atomic E-state index is 5.95. The Labute approximate surface area is 422 Å². The number of fused-ring (bicyclic) bond motifs is 6. The zero-order valence-electron chi connectivity index (χ0n) is 45.5. The molecule has 2 aliphatic heterocycles. The summed E-state index contributed by atoms with van der Waals surface area (Å²) in [6, 6.07) is 4.57. The quantitative estimate of drug-likeness (QED) is 0.0339. The number of nitrogens with zero attached hydrogens (tertiary/aromatic N) is 6. The topological polar surface area (TPSA) is 37.7 Å². The highest BCUT2D eigenvalue weighted by atomic mass is 15.6. The van der Waals surface area contributed by atoms with Crippen molar-refractivity contribution in [3.05, 3.63) is 0 Å². The number of likely N-dealkylation sites (tertiary alicyclic amines) is 2. The Hall–Kier alpha value is -1.14. The van der Waals surface area contributed by atoms with Crippen LogP contribution in [0.2, 0.25) is 0 Å². The minimum atomic E-state index is 0.298. The maximum Gasteiger partial charge on any atom is 0.134 e. The van der Waals surface area contributed by atoms with Gasteiger partial charge in [0.25, 0.3) is 0 Å². The molecule has 0 spiro atoms. The van der Waals surface area contributed by atoms with Crippen LogP contribution in [0.3, 0.4) is 0 Å². The van der Waals surface area contributed by atoms with Crippen LogP contribution in [-0.4, -0.2) is 87.8 Å². The lowest BCUT2D eigenvalue weighted by Crippen LogP contribution is -2.52. The first kappa shape index (κ1) is 53.2. The fourth-order valence-electron chi connectivity index (χ4n) is 17.0. The van der Waals surface area contributed by atoms with Crippen LogP contribution < -0.4 is 0 Å². The summed E-state index contributed by atoms with van der Waals surface area (Å²) in [5.41, 5.74) is 0. The third-order valence-electron chi connectivity index (χ3n) is 20.6. The summed E-state index contributed by atoms with van der Waals surface area (Å²) >= 11 is 0. The first-order valence-corrected chi connectivity index (χ1v) is 31.8. The lowest BCUT2D eigenvalue weighted by molar-refractivity contribution is -0.0345. The third-order valence-corrected chi connectivity index (χ3v) is 20.6. The highest BCUT2D eigenvalue weighted by Gasteiger charge is 2.52. The van der Waals surface area contributed by atoms with E-state index in [0.29, 0.717) is 30.1 Å². The molecule has 0 aromatic carbocycles. The first-order chi connectivity index (χ1) is 33.7. The van der Waals surface area contributed by atoms with Gasteiger partial charge >= 0.3 is 0 Å². The summed E-state index contributed by atoms with van der Waals surface area (Å²) in [4.78, 5) is 6.22. The van der Waals surface area contributed by atoms with Crippen molar-refractivity contribution in [2.75, 3.05) is 13.1 Å². The second kappa shape index (κ2) is 28.9. The Morgan fingerprint density at radius 3 is 1.19 bits per heavy atom. The molecule has 8 aliphatic rings. The van der Waals surface area contributed by atoms with E-state index in [1.807, 2.05) is 0 Å². The fourth-order valence-corrected chi connectivity index (χ4v) is 17.0. The molecule has 390 valence electrons. The van der Waals surface area contributed by atoms with E-state index in [-0.39, 0.29) is 0 Å². The van der Waals surface area contributed by atoms with Gasteiger partial charge in [0.05, 0.1) is 0 Å². The SMILES string of the molecule is CCCCCCCCCC(N(/N=C/C1CCC2C(C1)C1CCCCC1N2CCCCCCC)C1CCCCC1)N(/N=C/C1CCC2C(C1)C1CCCCC1N2CCCCCCC)C1CCCCC1. The van der Waals surface area contributed by atoms with Gasteiger partial charge in [-0.15, -0.1) is 0 Å². The normalized spacial score (nSPS) is 33.5. The summed E-state index contributed by atoms with van der Waals surface area (Å²) < 4.78 is 0. The molecule has 10 unspecified atom stereocenters. The van der Waals surface area contributed by atoms with E-state index in [2.05, 4.69) is 53.0 Å². The van der Waals surface area contributed by atoms with E-state index >= 15 is 0 Å². The average Bonchev–Trinajstić information content (AvgIpc) is 3.87. The molecule has 8 fully saturated rings. The summed E-state index contributed by atoms with van der Waals surface area (Å²) in [7, 11) is 0. The molecule has 6 nitrogen and oxygen atoms in total. The maximum absolute atomic E-state index is 5.95. The number of hydrogen-bond donors (Lipinski definition) is 0. The van der Waals surface area contributed by atoms with Gasteiger partial charge in [0.15, 0.2) is 0 Å². The first-order valence-electron chi connectivity index (χ1n) is 31.8. The summed E-state index contributed by atoms with van der Waals surface area (Å²) in [6.07, 6.45) is 64.3. The zero-order valence-corrected chi connectivity index (χ0v) is 45.5. The molecule has 6 heteroatoms. The summed E-state index contributed by atoms with van der Waals surface area (Å²) in [6.45, 7) is 9.83. The predicted molar refractivity (Wildman–Crippen MR) is 292 cm³/mol. The lowest BCUT2D eigenvalue weighted by atomic mass is 9.70. The van der Waals surface area contributed by atoms with Crippen molar-refractivity contribution in [3.63, 3.8) is 0 Å². The van der Waals surface area contributed by atoms with Gasteiger partial charge in [0.2, 0.25) is 0 Å². The third kappa shape index (κ3) is 14.3. The second-order valence-corrected chi connectivity index (χ2v) is 25.2. The fraction of sp³-hybridized carbons (Fsp3) is 0.968. The Balaban J connectivity index is 1.01. The number of hydrazone groups is 2. The van der Waals surface area contributed by atoms with E-state index in [1.54, 1.807) is 0 Å². The van der Waals surface area contributed by atoms with Crippen molar-refractivity contribution >= 4 is 12.4 Å². The van der Waals surface area contributed by atoms with E-state index in [9.17, 15) is 0 Å². The number of hydrogen-bond acceptors (Lipinski definition) is 6. The van der Waals surface area contributed by atoms with Gasteiger partial charge in [-0.1, -0.05) is 175 Å².